The molecule has 2 aliphatic carbocycles. The fourth-order valence-electron chi connectivity index (χ4n) is 3.86. The van der Waals surface area contributed by atoms with Crippen LogP contribution in [0.25, 0.3) is 12.2 Å². The summed E-state index contributed by atoms with van der Waals surface area (Å²) in [7, 11) is 0. The van der Waals surface area contributed by atoms with Gasteiger partial charge in [0.1, 0.15) is 0 Å². The normalized spacial score (nSPS) is 20.8. The number of rotatable bonds is 2. The Morgan fingerprint density at radius 1 is 0.773 bits per heavy atom. The maximum absolute atomic E-state index is 2.56. The maximum Gasteiger partial charge on any atom is -1.00 e. The summed E-state index contributed by atoms with van der Waals surface area (Å²) in [5.41, 5.74) is 5.92. The number of allylic oxidation sites excluding steroid dienone is 2. The first-order chi connectivity index (χ1) is 10.8. The summed E-state index contributed by atoms with van der Waals surface area (Å²) < 4.78 is 1.53. The van der Waals surface area contributed by atoms with Crippen molar-refractivity contribution in [3.63, 3.8) is 0 Å². The summed E-state index contributed by atoms with van der Waals surface area (Å²) in [5, 5.41) is 0. The number of fused-ring (bicyclic) bond motifs is 2. The first kappa shape index (κ1) is 14.6. The van der Waals surface area contributed by atoms with Crippen LogP contribution in [0.3, 0.4) is 0 Å². The van der Waals surface area contributed by atoms with Crippen molar-refractivity contribution in [2.24, 2.45) is 0 Å². The molecule has 2 aromatic carbocycles. The molecule has 0 N–H and O–H groups in total. The Hall–Kier alpha value is -0.980. The zero-order valence-electron chi connectivity index (χ0n) is 15.1. The minimum absolute atomic E-state index is 0. The molecular weight excluding hydrogens is 360 g/mol. The summed E-state index contributed by atoms with van der Waals surface area (Å²) in [6.07, 6.45) is 9.81. The number of benzene rings is 2. The first-order valence-corrected chi connectivity index (χ1v) is 17.0. The fourth-order valence-corrected chi connectivity index (χ4v) is 22.6. The quantitative estimate of drug-likeness (QED) is 0.593. The van der Waals surface area contributed by atoms with Gasteiger partial charge in [-0.2, -0.15) is 0 Å². The molecule has 0 aliphatic heterocycles. The predicted octanol–water partition coefficient (Wildman–Crippen LogP) is 5.62. The summed E-state index contributed by atoms with van der Waals surface area (Å²) in [6, 6.07) is 18.1. The Kier molecular flexibility index (Phi) is 3.92. The maximum atomic E-state index is 2.56. The minimum Gasteiger partial charge on any atom is -1.00 e. The van der Waals surface area contributed by atoms with Crippen LogP contribution in [0.2, 0.25) is 13.1 Å². The van der Waals surface area contributed by atoms with E-state index >= 15 is 0 Å². The SMILES string of the molecule is C[Si](C)=[Zr]([CH]1C=Cc2ccccc21)[CH]1C=Cc2ccccc21.[H-].[H-]. The third kappa shape index (κ3) is 2.37. The van der Waals surface area contributed by atoms with Crippen LogP contribution in [0.15, 0.2) is 60.7 Å². The second-order valence-electron chi connectivity index (χ2n) is 6.39. The Labute approximate surface area is 143 Å². The number of hydrogen-bond acceptors (Lipinski definition) is 0. The molecule has 0 nitrogen and oxygen atoms in total. The summed E-state index contributed by atoms with van der Waals surface area (Å²) in [6.45, 7) is 5.12. The largest absolute Gasteiger partial charge is 1.00 e. The molecule has 2 atom stereocenters. The van der Waals surface area contributed by atoms with Gasteiger partial charge in [0, 0.05) is 0 Å². The van der Waals surface area contributed by atoms with E-state index in [2.05, 4.69) is 85.9 Å². The van der Waals surface area contributed by atoms with Gasteiger partial charge in [-0.3, -0.25) is 0 Å². The molecule has 0 radical (unpaired) electrons. The van der Waals surface area contributed by atoms with Crippen molar-refractivity contribution in [3.05, 3.63) is 82.9 Å². The molecule has 2 aliphatic rings. The van der Waals surface area contributed by atoms with E-state index in [0.717, 1.165) is 7.25 Å². The third-order valence-corrected chi connectivity index (χ3v) is 24.0. The molecule has 0 saturated heterocycles. The van der Waals surface area contributed by atoms with Gasteiger partial charge in [-0.05, 0) is 0 Å². The third-order valence-electron chi connectivity index (χ3n) is 4.85. The molecule has 2 unspecified atom stereocenters. The Morgan fingerprint density at radius 2 is 1.23 bits per heavy atom. The van der Waals surface area contributed by atoms with Gasteiger partial charge in [-0.1, -0.05) is 0 Å². The van der Waals surface area contributed by atoms with Gasteiger partial charge in [0.15, 0.2) is 0 Å². The molecule has 22 heavy (non-hydrogen) atoms. The molecule has 0 fully saturated rings. The average molecular weight is 382 g/mol. The van der Waals surface area contributed by atoms with Crippen molar-refractivity contribution in [1.29, 1.82) is 0 Å². The predicted molar refractivity (Wildman–Crippen MR) is 96.1 cm³/mol. The molecule has 112 valence electrons. The van der Waals surface area contributed by atoms with Crippen LogP contribution in [-0.4, -0.2) is 5.43 Å². The Morgan fingerprint density at radius 3 is 1.68 bits per heavy atom. The molecule has 4 rings (SSSR count). The van der Waals surface area contributed by atoms with Gasteiger partial charge in [0.2, 0.25) is 0 Å². The molecule has 2 aromatic rings. The average Bonchev–Trinajstić information content (AvgIpc) is 3.13. The van der Waals surface area contributed by atoms with E-state index in [1.807, 2.05) is 0 Å². The van der Waals surface area contributed by atoms with Gasteiger partial charge in [0.05, 0.1) is 0 Å². The van der Waals surface area contributed by atoms with Crippen LogP contribution in [0.1, 0.15) is 32.4 Å². The van der Waals surface area contributed by atoms with E-state index in [9.17, 15) is 0 Å². The summed E-state index contributed by atoms with van der Waals surface area (Å²) >= 11 is -1.65. The van der Waals surface area contributed by atoms with E-state index in [1.165, 1.54) is 11.1 Å². The van der Waals surface area contributed by atoms with Crippen LogP contribution in [0.4, 0.5) is 0 Å². The van der Waals surface area contributed by atoms with Crippen LogP contribution < -0.4 is 0 Å². The van der Waals surface area contributed by atoms with Gasteiger partial charge in [0.25, 0.3) is 0 Å². The molecule has 0 spiro atoms. The van der Waals surface area contributed by atoms with E-state index in [0.29, 0.717) is 0 Å². The Balaban J connectivity index is 0.00000104. The second kappa shape index (κ2) is 5.91. The van der Waals surface area contributed by atoms with Crippen molar-refractivity contribution in [3.8, 4) is 0 Å². The van der Waals surface area contributed by atoms with Crippen LogP contribution in [0, 0.1) is 0 Å². The molecular formula is C20H22SiZr-2. The van der Waals surface area contributed by atoms with Gasteiger partial charge in [-0.25, -0.2) is 0 Å². The van der Waals surface area contributed by atoms with Gasteiger partial charge in [-0.15, -0.1) is 0 Å². The minimum atomic E-state index is -1.65. The van der Waals surface area contributed by atoms with E-state index < -0.39 is 20.4 Å². The molecule has 2 heteroatoms. The van der Waals surface area contributed by atoms with Crippen LogP contribution >= 0.6 is 0 Å². The van der Waals surface area contributed by atoms with Crippen molar-refractivity contribution in [2.45, 2.75) is 20.3 Å². The van der Waals surface area contributed by atoms with E-state index in [1.54, 1.807) is 11.1 Å². The fraction of sp³-hybridized carbons (Fsp3) is 0.200. The molecule has 0 bridgehead atoms. The summed E-state index contributed by atoms with van der Waals surface area (Å²) in [5.74, 6) is 0. The molecule has 0 aromatic heterocycles. The van der Waals surface area contributed by atoms with Crippen molar-refractivity contribution < 1.29 is 23.2 Å². The second-order valence-corrected chi connectivity index (χ2v) is 24.5. The molecule has 0 heterocycles. The topological polar surface area (TPSA) is 0 Å². The van der Waals surface area contributed by atoms with Crippen LogP contribution in [-0.2, 0) is 20.4 Å². The monoisotopic (exact) mass is 380 g/mol. The summed E-state index contributed by atoms with van der Waals surface area (Å²) in [4.78, 5) is 0. The first-order valence-electron chi connectivity index (χ1n) is 7.97. The van der Waals surface area contributed by atoms with E-state index in [-0.39, 0.29) is 8.29 Å². The Bertz CT molecular complexity index is 772. The smallest absolute Gasteiger partial charge is 1.00 e. The number of hydrogen-bond donors (Lipinski definition) is 0. The standard InChI is InChI=1S/2C9H7.C2H6Si.Zr.2H/c2*1-2-5-9-7-3-6-8(9)4-1;1-3-2;;;/h2*1-7H;1-2H3;;;/q;;;;2*-1. The molecule has 0 amide bonds. The van der Waals surface area contributed by atoms with Crippen molar-refractivity contribution >= 4 is 17.6 Å². The zero-order chi connectivity index (χ0) is 15.1. The zero-order valence-corrected chi connectivity index (χ0v) is 16.5. The van der Waals surface area contributed by atoms with Gasteiger partial charge < -0.3 is 2.85 Å². The van der Waals surface area contributed by atoms with Crippen molar-refractivity contribution in [2.75, 3.05) is 0 Å². The van der Waals surface area contributed by atoms with E-state index in [4.69, 9.17) is 0 Å². The van der Waals surface area contributed by atoms with Crippen molar-refractivity contribution in [1.82, 2.24) is 0 Å². The molecule has 0 saturated carbocycles. The van der Waals surface area contributed by atoms with Gasteiger partial charge >= 0.3 is 141 Å². The van der Waals surface area contributed by atoms with Crippen LogP contribution in [0.5, 0.6) is 0 Å².